The third kappa shape index (κ3) is 3.17. The fourth-order valence-electron chi connectivity index (χ4n) is 1.90. The van der Waals surface area contributed by atoms with E-state index in [4.69, 9.17) is 10.5 Å². The Kier molecular flexibility index (Phi) is 3.66. The Hall–Kier alpha value is -1.75. The topological polar surface area (TPSA) is 35.2 Å². The minimum atomic E-state index is -4.37. The molecule has 2 aromatic rings. The number of rotatable bonds is 3. The number of ether oxygens (including phenoxy) is 1. The molecule has 0 amide bonds. The van der Waals surface area contributed by atoms with Crippen molar-refractivity contribution in [3.05, 3.63) is 42.0 Å². The van der Waals surface area contributed by atoms with Crippen molar-refractivity contribution in [1.82, 2.24) is 0 Å². The highest BCUT2D eigenvalue weighted by Gasteiger charge is 2.36. The molecule has 0 aromatic heterocycles. The summed E-state index contributed by atoms with van der Waals surface area (Å²) in [5, 5.41) is 1.79. The van der Waals surface area contributed by atoms with Gasteiger partial charge in [-0.25, -0.2) is 0 Å². The molecule has 0 fully saturated rings. The van der Waals surface area contributed by atoms with Crippen LogP contribution in [0.15, 0.2) is 36.4 Å². The summed E-state index contributed by atoms with van der Waals surface area (Å²) in [7, 11) is 1.57. The van der Waals surface area contributed by atoms with Crippen molar-refractivity contribution in [2.45, 2.75) is 18.6 Å². The largest absolute Gasteiger partial charge is 0.497 e. The van der Waals surface area contributed by atoms with Crippen LogP contribution in [0.2, 0.25) is 0 Å². The van der Waals surface area contributed by atoms with Crippen LogP contribution < -0.4 is 10.5 Å². The van der Waals surface area contributed by atoms with E-state index in [2.05, 4.69) is 0 Å². The summed E-state index contributed by atoms with van der Waals surface area (Å²) >= 11 is 0. The lowest BCUT2D eigenvalue weighted by Crippen LogP contribution is -2.39. The van der Waals surface area contributed by atoms with E-state index in [1.165, 1.54) is 0 Å². The molecule has 0 radical (unpaired) electrons. The number of halogens is 3. The molecule has 0 aliphatic heterocycles. The van der Waals surface area contributed by atoms with E-state index in [0.717, 1.165) is 10.8 Å². The van der Waals surface area contributed by atoms with Crippen molar-refractivity contribution in [1.29, 1.82) is 0 Å². The zero-order valence-corrected chi connectivity index (χ0v) is 10.4. The summed E-state index contributed by atoms with van der Waals surface area (Å²) < 4.78 is 42.3. The van der Waals surface area contributed by atoms with Crippen LogP contribution in [-0.2, 0) is 6.42 Å². The maximum absolute atomic E-state index is 12.4. The highest BCUT2D eigenvalue weighted by atomic mass is 19.4. The van der Waals surface area contributed by atoms with Gasteiger partial charge in [-0.3, -0.25) is 0 Å². The first-order valence-corrected chi connectivity index (χ1v) is 5.79. The molecule has 2 aromatic carbocycles. The summed E-state index contributed by atoms with van der Waals surface area (Å²) in [5.74, 6) is 0.715. The predicted molar refractivity (Wildman–Crippen MR) is 68.2 cm³/mol. The normalized spacial score (nSPS) is 13.5. The number of hydrogen-bond donors (Lipinski definition) is 1. The Morgan fingerprint density at radius 1 is 1.11 bits per heavy atom. The Labute approximate surface area is 109 Å². The van der Waals surface area contributed by atoms with E-state index in [1.807, 2.05) is 12.1 Å². The van der Waals surface area contributed by atoms with Crippen molar-refractivity contribution in [2.75, 3.05) is 7.11 Å². The van der Waals surface area contributed by atoms with Gasteiger partial charge in [0.25, 0.3) is 0 Å². The Bertz CT molecular complexity index is 580. The first-order valence-electron chi connectivity index (χ1n) is 5.79. The average molecular weight is 269 g/mol. The molecular formula is C14H14F3NO. The molecule has 2 N–H and O–H groups in total. The van der Waals surface area contributed by atoms with Crippen molar-refractivity contribution in [3.63, 3.8) is 0 Å². The minimum Gasteiger partial charge on any atom is -0.497 e. The minimum absolute atomic E-state index is 0.217. The fraction of sp³-hybridized carbons (Fsp3) is 0.286. The van der Waals surface area contributed by atoms with E-state index < -0.39 is 12.2 Å². The smallest absolute Gasteiger partial charge is 0.403 e. The van der Waals surface area contributed by atoms with E-state index in [9.17, 15) is 13.2 Å². The number of nitrogens with two attached hydrogens (primary N) is 1. The van der Waals surface area contributed by atoms with Crippen LogP contribution in [0.4, 0.5) is 13.2 Å². The number of methoxy groups -OCH3 is 1. The molecular weight excluding hydrogens is 255 g/mol. The average Bonchev–Trinajstić information content (AvgIpc) is 2.37. The first-order chi connectivity index (χ1) is 8.90. The second kappa shape index (κ2) is 5.09. The molecule has 0 aliphatic rings. The molecule has 5 heteroatoms. The van der Waals surface area contributed by atoms with Gasteiger partial charge < -0.3 is 10.5 Å². The van der Waals surface area contributed by atoms with Crippen LogP contribution in [0.3, 0.4) is 0 Å². The maximum Gasteiger partial charge on any atom is 0.403 e. The first kappa shape index (κ1) is 13.7. The third-order valence-corrected chi connectivity index (χ3v) is 2.99. The van der Waals surface area contributed by atoms with Crippen molar-refractivity contribution < 1.29 is 17.9 Å². The summed E-state index contributed by atoms with van der Waals surface area (Å²) in [6, 6.07) is 8.75. The van der Waals surface area contributed by atoms with Gasteiger partial charge in [-0.1, -0.05) is 24.3 Å². The third-order valence-electron chi connectivity index (χ3n) is 2.99. The van der Waals surface area contributed by atoms with Crippen LogP contribution in [0.5, 0.6) is 5.75 Å². The molecule has 0 saturated heterocycles. The fourth-order valence-corrected chi connectivity index (χ4v) is 1.90. The molecule has 19 heavy (non-hydrogen) atoms. The van der Waals surface area contributed by atoms with Crippen LogP contribution in [-0.4, -0.2) is 19.3 Å². The Balaban J connectivity index is 2.27. The zero-order valence-electron chi connectivity index (χ0n) is 10.4. The Morgan fingerprint density at radius 2 is 1.74 bits per heavy atom. The van der Waals surface area contributed by atoms with E-state index in [1.54, 1.807) is 31.4 Å². The van der Waals surface area contributed by atoms with Gasteiger partial charge in [-0.15, -0.1) is 0 Å². The molecule has 2 nitrogen and oxygen atoms in total. The van der Waals surface area contributed by atoms with E-state index >= 15 is 0 Å². The van der Waals surface area contributed by atoms with Crippen LogP contribution in [0.25, 0.3) is 10.8 Å². The van der Waals surface area contributed by atoms with Gasteiger partial charge in [0.1, 0.15) is 11.8 Å². The Morgan fingerprint density at radius 3 is 2.37 bits per heavy atom. The van der Waals surface area contributed by atoms with Crippen LogP contribution in [0, 0.1) is 0 Å². The number of fused-ring (bicyclic) bond motifs is 1. The van der Waals surface area contributed by atoms with Crippen LogP contribution in [0.1, 0.15) is 5.56 Å². The standard InChI is InChI=1S/C14H14F3NO/c1-19-12-5-4-10-6-9(2-3-11(10)8-12)7-13(18)14(15,16)17/h2-6,8,13H,7,18H2,1H3. The highest BCUT2D eigenvalue weighted by molar-refractivity contribution is 5.84. The monoisotopic (exact) mass is 269 g/mol. The number of alkyl halides is 3. The van der Waals surface area contributed by atoms with Gasteiger partial charge in [0.15, 0.2) is 0 Å². The lowest BCUT2D eigenvalue weighted by Gasteiger charge is -2.15. The van der Waals surface area contributed by atoms with Gasteiger partial charge in [-0.05, 0) is 34.9 Å². The van der Waals surface area contributed by atoms with Crippen molar-refractivity contribution >= 4 is 10.8 Å². The second-order valence-electron chi connectivity index (χ2n) is 4.40. The predicted octanol–water partition coefficient (Wildman–Crippen LogP) is 3.28. The summed E-state index contributed by atoms with van der Waals surface area (Å²) in [5.41, 5.74) is 5.70. The van der Waals surface area contributed by atoms with Gasteiger partial charge in [0.2, 0.25) is 0 Å². The molecule has 2 rings (SSSR count). The van der Waals surface area contributed by atoms with Gasteiger partial charge >= 0.3 is 6.18 Å². The molecule has 1 atom stereocenters. The number of hydrogen-bond acceptors (Lipinski definition) is 2. The summed E-state index contributed by atoms with van der Waals surface area (Å²) in [6.07, 6.45) is -4.58. The highest BCUT2D eigenvalue weighted by Crippen LogP contribution is 2.25. The second-order valence-corrected chi connectivity index (χ2v) is 4.40. The maximum atomic E-state index is 12.4. The molecule has 0 spiro atoms. The molecule has 1 unspecified atom stereocenters. The molecule has 0 aliphatic carbocycles. The molecule has 0 bridgehead atoms. The van der Waals surface area contributed by atoms with E-state index in [0.29, 0.717) is 11.3 Å². The molecule has 0 saturated carbocycles. The van der Waals surface area contributed by atoms with Crippen molar-refractivity contribution in [2.24, 2.45) is 5.73 Å². The van der Waals surface area contributed by atoms with Gasteiger partial charge in [0.05, 0.1) is 7.11 Å². The number of benzene rings is 2. The molecule has 0 heterocycles. The van der Waals surface area contributed by atoms with Gasteiger partial charge in [-0.2, -0.15) is 13.2 Å². The quantitative estimate of drug-likeness (QED) is 0.928. The van der Waals surface area contributed by atoms with E-state index in [-0.39, 0.29) is 6.42 Å². The molecule has 102 valence electrons. The van der Waals surface area contributed by atoms with Gasteiger partial charge in [0, 0.05) is 0 Å². The zero-order chi connectivity index (χ0) is 14.0. The lowest BCUT2D eigenvalue weighted by atomic mass is 10.0. The summed E-state index contributed by atoms with van der Waals surface area (Å²) in [4.78, 5) is 0. The SMILES string of the molecule is COc1ccc2cc(CC(N)C(F)(F)F)ccc2c1. The summed E-state index contributed by atoms with van der Waals surface area (Å²) in [6.45, 7) is 0. The lowest BCUT2D eigenvalue weighted by molar-refractivity contribution is -0.147. The van der Waals surface area contributed by atoms with Crippen molar-refractivity contribution in [3.8, 4) is 5.75 Å². The van der Waals surface area contributed by atoms with Crippen LogP contribution >= 0.6 is 0 Å².